The highest BCUT2D eigenvalue weighted by Gasteiger charge is 2.41. The number of carboxylic acid groups (broad SMARTS) is 1. The highest BCUT2D eigenvalue weighted by Crippen LogP contribution is 2.33. The van der Waals surface area contributed by atoms with Crippen LogP contribution >= 0.6 is 0 Å². The van der Waals surface area contributed by atoms with Crippen molar-refractivity contribution in [3.63, 3.8) is 0 Å². The number of carbonyl (C=O) groups is 3. The monoisotopic (exact) mass is 316 g/mol. The largest absolute Gasteiger partial charge is 0.550 e. The SMILES string of the molecule is CCOC(=O)C1=C(C)N(Cc2ccccc2)C(=O)[C@H]1CC(=O)[O-]. The maximum absolute atomic E-state index is 12.6. The molecule has 0 bridgehead atoms. The van der Waals surface area contributed by atoms with Crippen molar-refractivity contribution in [2.24, 2.45) is 5.92 Å². The first-order valence-corrected chi connectivity index (χ1v) is 7.38. The Morgan fingerprint density at radius 1 is 1.26 bits per heavy atom. The van der Waals surface area contributed by atoms with Gasteiger partial charge in [-0.05, 0) is 19.4 Å². The molecule has 1 atom stereocenters. The first kappa shape index (κ1) is 16.7. The maximum Gasteiger partial charge on any atom is 0.336 e. The summed E-state index contributed by atoms with van der Waals surface area (Å²) in [6, 6.07) is 9.27. The summed E-state index contributed by atoms with van der Waals surface area (Å²) in [6.45, 7) is 3.71. The number of amides is 1. The molecule has 122 valence electrons. The quantitative estimate of drug-likeness (QED) is 0.718. The lowest BCUT2D eigenvalue weighted by atomic mass is 9.97. The zero-order chi connectivity index (χ0) is 17.0. The lowest BCUT2D eigenvalue weighted by molar-refractivity contribution is -0.306. The first-order valence-electron chi connectivity index (χ1n) is 7.38. The van der Waals surface area contributed by atoms with E-state index in [0.29, 0.717) is 5.70 Å². The second-order valence-corrected chi connectivity index (χ2v) is 5.26. The Bertz CT molecular complexity index is 650. The van der Waals surface area contributed by atoms with Gasteiger partial charge in [0.2, 0.25) is 5.91 Å². The Hall–Kier alpha value is -2.63. The molecule has 1 heterocycles. The molecule has 0 saturated carbocycles. The van der Waals surface area contributed by atoms with Gasteiger partial charge in [-0.25, -0.2) is 4.79 Å². The van der Waals surface area contributed by atoms with Crippen LogP contribution in [-0.4, -0.2) is 29.4 Å². The number of esters is 1. The Balaban J connectivity index is 2.34. The summed E-state index contributed by atoms with van der Waals surface area (Å²) in [5, 5.41) is 10.9. The Labute approximate surface area is 134 Å². The number of allylic oxidation sites excluding steroid dienone is 1. The third-order valence-electron chi connectivity index (χ3n) is 3.76. The van der Waals surface area contributed by atoms with Gasteiger partial charge in [0.1, 0.15) is 0 Å². The van der Waals surface area contributed by atoms with Gasteiger partial charge in [-0.3, -0.25) is 4.79 Å². The number of aliphatic carboxylic acids is 1. The van der Waals surface area contributed by atoms with Crippen LogP contribution in [0, 0.1) is 5.92 Å². The van der Waals surface area contributed by atoms with Gasteiger partial charge in [0.25, 0.3) is 0 Å². The van der Waals surface area contributed by atoms with E-state index in [-0.39, 0.29) is 18.7 Å². The van der Waals surface area contributed by atoms with E-state index in [0.717, 1.165) is 5.56 Å². The van der Waals surface area contributed by atoms with Crippen LogP contribution in [0.4, 0.5) is 0 Å². The van der Waals surface area contributed by atoms with Crippen LogP contribution in [0.2, 0.25) is 0 Å². The zero-order valence-electron chi connectivity index (χ0n) is 13.1. The van der Waals surface area contributed by atoms with Crippen molar-refractivity contribution < 1.29 is 24.2 Å². The highest BCUT2D eigenvalue weighted by atomic mass is 16.5. The molecule has 1 aromatic rings. The van der Waals surface area contributed by atoms with E-state index in [9.17, 15) is 19.5 Å². The normalized spacial score (nSPS) is 17.6. The van der Waals surface area contributed by atoms with Crippen LogP contribution in [0.15, 0.2) is 41.6 Å². The number of nitrogens with zero attached hydrogens (tertiary/aromatic N) is 1. The Morgan fingerprint density at radius 2 is 1.91 bits per heavy atom. The summed E-state index contributed by atoms with van der Waals surface area (Å²) in [5.74, 6) is -3.50. The smallest absolute Gasteiger partial charge is 0.336 e. The van der Waals surface area contributed by atoms with Gasteiger partial charge in [0.05, 0.1) is 24.6 Å². The van der Waals surface area contributed by atoms with Crippen LogP contribution in [0.25, 0.3) is 0 Å². The topological polar surface area (TPSA) is 86.7 Å². The molecule has 1 aromatic carbocycles. The molecular weight excluding hydrogens is 298 g/mol. The second kappa shape index (κ2) is 7.09. The van der Waals surface area contributed by atoms with Crippen molar-refractivity contribution in [2.45, 2.75) is 26.8 Å². The Kier molecular flexibility index (Phi) is 5.16. The predicted molar refractivity (Wildman–Crippen MR) is 79.4 cm³/mol. The fourth-order valence-electron chi connectivity index (χ4n) is 2.69. The molecule has 0 unspecified atom stereocenters. The minimum absolute atomic E-state index is 0.108. The lowest BCUT2D eigenvalue weighted by Crippen LogP contribution is -2.33. The average Bonchev–Trinajstić information content (AvgIpc) is 2.73. The van der Waals surface area contributed by atoms with E-state index in [1.165, 1.54) is 4.90 Å². The van der Waals surface area contributed by atoms with Gasteiger partial charge >= 0.3 is 5.97 Å². The average molecular weight is 316 g/mol. The van der Waals surface area contributed by atoms with Crippen molar-refractivity contribution in [1.29, 1.82) is 0 Å². The van der Waals surface area contributed by atoms with Crippen LogP contribution < -0.4 is 5.11 Å². The molecular formula is C17H18NO5-. The van der Waals surface area contributed by atoms with Crippen LogP contribution in [0.1, 0.15) is 25.8 Å². The summed E-state index contributed by atoms with van der Waals surface area (Å²) in [6.07, 6.45) is -0.532. The number of carbonyl (C=O) groups excluding carboxylic acids is 3. The van der Waals surface area contributed by atoms with Gasteiger partial charge in [-0.2, -0.15) is 0 Å². The lowest BCUT2D eigenvalue weighted by Gasteiger charge is -2.19. The summed E-state index contributed by atoms with van der Waals surface area (Å²) in [4.78, 5) is 37.0. The van der Waals surface area contributed by atoms with Crippen LogP contribution in [-0.2, 0) is 25.7 Å². The fraction of sp³-hybridized carbons (Fsp3) is 0.353. The minimum Gasteiger partial charge on any atom is -0.550 e. The molecule has 6 nitrogen and oxygen atoms in total. The molecule has 2 rings (SSSR count). The molecule has 0 N–H and O–H groups in total. The molecule has 0 aliphatic carbocycles. The van der Waals surface area contributed by atoms with Gasteiger partial charge in [0.15, 0.2) is 0 Å². The van der Waals surface area contributed by atoms with Gasteiger partial charge < -0.3 is 19.5 Å². The van der Waals surface area contributed by atoms with Crippen LogP contribution in [0.5, 0.6) is 0 Å². The third-order valence-corrected chi connectivity index (χ3v) is 3.76. The van der Waals surface area contributed by atoms with Crippen molar-refractivity contribution >= 4 is 17.8 Å². The number of benzene rings is 1. The molecule has 0 fully saturated rings. The number of ether oxygens (including phenoxy) is 1. The van der Waals surface area contributed by atoms with Crippen molar-refractivity contribution in [3.8, 4) is 0 Å². The zero-order valence-corrected chi connectivity index (χ0v) is 13.1. The molecule has 0 spiro atoms. The Morgan fingerprint density at radius 3 is 2.48 bits per heavy atom. The molecule has 6 heteroatoms. The molecule has 0 radical (unpaired) electrons. The van der Waals surface area contributed by atoms with Crippen molar-refractivity contribution in [1.82, 2.24) is 4.90 Å². The van der Waals surface area contributed by atoms with Gasteiger partial charge in [-0.1, -0.05) is 30.3 Å². The third kappa shape index (κ3) is 3.59. The first-order chi connectivity index (χ1) is 11.0. The van der Waals surface area contributed by atoms with Crippen molar-refractivity contribution in [2.75, 3.05) is 6.61 Å². The van der Waals surface area contributed by atoms with Gasteiger partial charge in [0, 0.05) is 18.1 Å². The summed E-state index contributed by atoms with van der Waals surface area (Å²) < 4.78 is 4.97. The van der Waals surface area contributed by atoms with E-state index >= 15 is 0 Å². The molecule has 0 saturated heterocycles. The van der Waals surface area contributed by atoms with Gasteiger partial charge in [-0.15, -0.1) is 0 Å². The fourth-order valence-corrected chi connectivity index (χ4v) is 2.69. The molecule has 1 aliphatic heterocycles. The van der Waals surface area contributed by atoms with E-state index in [2.05, 4.69) is 0 Å². The van der Waals surface area contributed by atoms with E-state index in [4.69, 9.17) is 4.74 Å². The van der Waals surface area contributed by atoms with E-state index < -0.39 is 30.2 Å². The standard InChI is InChI=1S/C17H19NO5/c1-3-23-17(22)15-11(2)18(10-12-7-5-4-6-8-12)16(21)13(15)9-14(19)20/h4-8,13H,3,9-10H2,1-2H3,(H,19,20)/p-1/t13-/m0/s1. The molecule has 1 amide bonds. The minimum atomic E-state index is -1.38. The summed E-state index contributed by atoms with van der Waals surface area (Å²) in [5.41, 5.74) is 1.43. The number of rotatable bonds is 6. The maximum atomic E-state index is 12.6. The molecule has 23 heavy (non-hydrogen) atoms. The molecule has 1 aliphatic rings. The highest BCUT2D eigenvalue weighted by molar-refractivity contribution is 6.03. The molecule has 0 aromatic heterocycles. The number of carboxylic acids is 1. The van der Waals surface area contributed by atoms with Crippen LogP contribution in [0.3, 0.4) is 0 Å². The second-order valence-electron chi connectivity index (χ2n) is 5.26. The van der Waals surface area contributed by atoms with Crippen molar-refractivity contribution in [3.05, 3.63) is 47.2 Å². The summed E-state index contributed by atoms with van der Waals surface area (Å²) >= 11 is 0. The summed E-state index contributed by atoms with van der Waals surface area (Å²) in [7, 11) is 0. The number of hydrogen-bond donors (Lipinski definition) is 0. The predicted octanol–water partition coefficient (Wildman–Crippen LogP) is 0.622. The number of hydrogen-bond acceptors (Lipinski definition) is 5. The van der Waals surface area contributed by atoms with E-state index in [1.807, 2.05) is 30.3 Å². The van der Waals surface area contributed by atoms with E-state index in [1.54, 1.807) is 13.8 Å².